The summed E-state index contributed by atoms with van der Waals surface area (Å²) in [6.45, 7) is -0.0179. The lowest BCUT2D eigenvalue weighted by Gasteiger charge is -2.08. The smallest absolute Gasteiger partial charge is 0.172 e. The highest BCUT2D eigenvalue weighted by Gasteiger charge is 2.49. The average Bonchev–Trinajstić information content (AvgIpc) is 3.02. The summed E-state index contributed by atoms with van der Waals surface area (Å²) in [5, 5.41) is 12.2. The van der Waals surface area contributed by atoms with Crippen LogP contribution in [0.25, 0.3) is 10.1 Å². The molecule has 2 aromatic rings. The Kier molecular flexibility index (Phi) is 2.13. The standard InChI is InChI=1S/C13H12O2S/c14-8-13(5-6-13)12(15)10-7-16-11-4-2-1-3-9(10)11/h1-4,7,14H,5-6,8H2. The van der Waals surface area contributed by atoms with Crippen molar-refractivity contribution >= 4 is 27.2 Å². The fourth-order valence-electron chi connectivity index (χ4n) is 2.05. The molecule has 1 fully saturated rings. The number of hydrogen-bond donors (Lipinski definition) is 1. The second-order valence-corrected chi connectivity index (χ2v) is 5.32. The summed E-state index contributed by atoms with van der Waals surface area (Å²) in [7, 11) is 0. The third-order valence-corrected chi connectivity index (χ3v) is 4.33. The zero-order valence-electron chi connectivity index (χ0n) is 8.77. The van der Waals surface area contributed by atoms with Crippen LogP contribution in [0.4, 0.5) is 0 Å². The van der Waals surface area contributed by atoms with E-state index >= 15 is 0 Å². The molecule has 3 rings (SSSR count). The Balaban J connectivity index is 2.10. The minimum atomic E-state index is -0.455. The molecule has 2 nitrogen and oxygen atoms in total. The topological polar surface area (TPSA) is 37.3 Å². The van der Waals surface area contributed by atoms with Gasteiger partial charge in [0.25, 0.3) is 0 Å². The first-order chi connectivity index (χ1) is 7.77. The molecule has 1 aliphatic rings. The summed E-state index contributed by atoms with van der Waals surface area (Å²) in [5.74, 6) is 0.118. The van der Waals surface area contributed by atoms with Crippen LogP contribution < -0.4 is 0 Å². The van der Waals surface area contributed by atoms with Crippen molar-refractivity contribution in [2.24, 2.45) is 5.41 Å². The molecule has 1 aliphatic carbocycles. The monoisotopic (exact) mass is 232 g/mol. The van der Waals surface area contributed by atoms with E-state index in [4.69, 9.17) is 0 Å². The van der Waals surface area contributed by atoms with Crippen LogP contribution in [0.1, 0.15) is 23.2 Å². The van der Waals surface area contributed by atoms with Gasteiger partial charge in [-0.25, -0.2) is 0 Å². The third kappa shape index (κ3) is 1.32. The second-order valence-electron chi connectivity index (χ2n) is 4.41. The Morgan fingerprint density at radius 3 is 2.81 bits per heavy atom. The van der Waals surface area contributed by atoms with Crippen LogP contribution in [-0.2, 0) is 0 Å². The largest absolute Gasteiger partial charge is 0.395 e. The number of carbonyl (C=O) groups is 1. The quantitative estimate of drug-likeness (QED) is 0.826. The molecule has 0 saturated heterocycles. The molecule has 0 aliphatic heterocycles. The van der Waals surface area contributed by atoms with Gasteiger partial charge in [0.2, 0.25) is 0 Å². The number of rotatable bonds is 3. The van der Waals surface area contributed by atoms with Crippen molar-refractivity contribution in [2.45, 2.75) is 12.8 Å². The molecule has 0 unspecified atom stereocenters. The van der Waals surface area contributed by atoms with Gasteiger partial charge in [-0.1, -0.05) is 18.2 Å². The minimum Gasteiger partial charge on any atom is -0.395 e. The van der Waals surface area contributed by atoms with E-state index in [0.29, 0.717) is 0 Å². The van der Waals surface area contributed by atoms with Crippen LogP contribution in [0.5, 0.6) is 0 Å². The molecule has 0 amide bonds. The van der Waals surface area contributed by atoms with Crippen LogP contribution >= 0.6 is 11.3 Å². The van der Waals surface area contributed by atoms with E-state index in [1.807, 2.05) is 29.6 Å². The first kappa shape index (κ1) is 10.00. The maximum Gasteiger partial charge on any atom is 0.172 e. The van der Waals surface area contributed by atoms with Gasteiger partial charge < -0.3 is 5.11 Å². The van der Waals surface area contributed by atoms with Crippen LogP contribution in [-0.4, -0.2) is 17.5 Å². The van der Waals surface area contributed by atoms with Crippen molar-refractivity contribution in [3.05, 3.63) is 35.2 Å². The number of benzene rings is 1. The van der Waals surface area contributed by atoms with Crippen molar-refractivity contribution in [2.75, 3.05) is 6.61 Å². The van der Waals surface area contributed by atoms with E-state index in [1.165, 1.54) is 0 Å². The molecule has 1 heterocycles. The highest BCUT2D eigenvalue weighted by Crippen LogP contribution is 2.48. The molecule has 0 atom stereocenters. The highest BCUT2D eigenvalue weighted by molar-refractivity contribution is 7.17. The molecular weight excluding hydrogens is 220 g/mol. The SMILES string of the molecule is O=C(c1csc2ccccc12)C1(CO)CC1. The zero-order valence-corrected chi connectivity index (χ0v) is 9.59. The maximum absolute atomic E-state index is 12.3. The van der Waals surface area contributed by atoms with E-state index < -0.39 is 5.41 Å². The Morgan fingerprint density at radius 1 is 1.38 bits per heavy atom. The lowest BCUT2D eigenvalue weighted by Crippen LogP contribution is -2.19. The molecule has 16 heavy (non-hydrogen) atoms. The van der Waals surface area contributed by atoms with Crippen molar-refractivity contribution in [3.63, 3.8) is 0 Å². The van der Waals surface area contributed by atoms with E-state index in [-0.39, 0.29) is 12.4 Å². The van der Waals surface area contributed by atoms with Crippen LogP contribution in [0.15, 0.2) is 29.6 Å². The normalized spacial score (nSPS) is 17.6. The third-order valence-electron chi connectivity index (χ3n) is 3.36. The Hall–Kier alpha value is -1.19. The minimum absolute atomic E-state index is 0.0179. The first-order valence-corrected chi connectivity index (χ1v) is 6.27. The van der Waals surface area contributed by atoms with Gasteiger partial charge in [0.05, 0.1) is 12.0 Å². The number of hydrogen-bond acceptors (Lipinski definition) is 3. The summed E-state index contributed by atoms with van der Waals surface area (Å²) in [6, 6.07) is 7.93. The fraction of sp³-hybridized carbons (Fsp3) is 0.308. The molecule has 1 aromatic carbocycles. The van der Waals surface area contributed by atoms with Crippen molar-refractivity contribution in [1.82, 2.24) is 0 Å². The summed E-state index contributed by atoms with van der Waals surface area (Å²) >= 11 is 1.59. The molecule has 0 radical (unpaired) electrons. The Bertz CT molecular complexity index is 552. The number of aliphatic hydroxyl groups excluding tert-OH is 1. The molecule has 82 valence electrons. The lowest BCUT2D eigenvalue weighted by atomic mass is 9.95. The lowest BCUT2D eigenvalue weighted by molar-refractivity contribution is 0.0832. The maximum atomic E-state index is 12.3. The Morgan fingerprint density at radius 2 is 2.12 bits per heavy atom. The van der Waals surface area contributed by atoms with Gasteiger partial charge in [-0.2, -0.15) is 0 Å². The predicted molar refractivity (Wildman–Crippen MR) is 64.9 cm³/mol. The van der Waals surface area contributed by atoms with Gasteiger partial charge in [0, 0.05) is 21.0 Å². The number of Topliss-reactive ketones (excluding diaryl/α,β-unsaturated/α-hetero) is 1. The van der Waals surface area contributed by atoms with Crippen LogP contribution in [0, 0.1) is 5.41 Å². The summed E-state index contributed by atoms with van der Waals surface area (Å²) < 4.78 is 1.14. The molecule has 1 saturated carbocycles. The zero-order chi connectivity index (χ0) is 11.2. The number of fused-ring (bicyclic) bond motifs is 1. The number of ketones is 1. The molecule has 1 N–H and O–H groups in total. The second kappa shape index (κ2) is 3.40. The molecular formula is C13H12O2S. The molecule has 1 aromatic heterocycles. The van der Waals surface area contributed by atoms with Crippen molar-refractivity contribution in [1.29, 1.82) is 0 Å². The van der Waals surface area contributed by atoms with E-state index in [0.717, 1.165) is 28.5 Å². The number of carbonyl (C=O) groups excluding carboxylic acids is 1. The summed E-state index contributed by atoms with van der Waals surface area (Å²) in [5.41, 5.74) is 0.330. The van der Waals surface area contributed by atoms with E-state index in [9.17, 15) is 9.90 Å². The van der Waals surface area contributed by atoms with Crippen molar-refractivity contribution in [3.8, 4) is 0 Å². The average molecular weight is 232 g/mol. The van der Waals surface area contributed by atoms with Gasteiger partial charge in [-0.05, 0) is 18.9 Å². The molecule has 3 heteroatoms. The van der Waals surface area contributed by atoms with Gasteiger partial charge >= 0.3 is 0 Å². The van der Waals surface area contributed by atoms with E-state index in [2.05, 4.69) is 0 Å². The van der Waals surface area contributed by atoms with Gasteiger partial charge in [-0.15, -0.1) is 11.3 Å². The van der Waals surface area contributed by atoms with Gasteiger partial charge in [-0.3, -0.25) is 4.79 Å². The van der Waals surface area contributed by atoms with Crippen molar-refractivity contribution < 1.29 is 9.90 Å². The van der Waals surface area contributed by atoms with E-state index in [1.54, 1.807) is 11.3 Å². The summed E-state index contributed by atoms with van der Waals surface area (Å²) in [4.78, 5) is 12.3. The highest BCUT2D eigenvalue weighted by atomic mass is 32.1. The summed E-state index contributed by atoms with van der Waals surface area (Å²) in [6.07, 6.45) is 1.65. The first-order valence-electron chi connectivity index (χ1n) is 5.39. The van der Waals surface area contributed by atoms with Gasteiger partial charge in [0.15, 0.2) is 5.78 Å². The fourth-order valence-corrected chi connectivity index (χ4v) is 2.99. The molecule has 0 spiro atoms. The number of aliphatic hydroxyl groups is 1. The Labute approximate surface area is 97.5 Å². The van der Waals surface area contributed by atoms with Gasteiger partial charge in [0.1, 0.15) is 0 Å². The molecule has 0 bridgehead atoms. The van der Waals surface area contributed by atoms with Crippen LogP contribution in [0.2, 0.25) is 0 Å². The number of thiophene rings is 1. The van der Waals surface area contributed by atoms with Crippen LogP contribution in [0.3, 0.4) is 0 Å². The predicted octanol–water partition coefficient (Wildman–Crippen LogP) is 2.86.